The summed E-state index contributed by atoms with van der Waals surface area (Å²) in [4.78, 5) is 29.0. The summed E-state index contributed by atoms with van der Waals surface area (Å²) in [5.74, 6) is -1.60. The van der Waals surface area contributed by atoms with Crippen LogP contribution in [-0.4, -0.2) is 35.5 Å². The fourth-order valence-corrected chi connectivity index (χ4v) is 3.20. The Morgan fingerprint density at radius 1 is 1.00 bits per heavy atom. The summed E-state index contributed by atoms with van der Waals surface area (Å²) in [6, 6.07) is 9.32. The number of halogens is 6. The van der Waals surface area contributed by atoms with Gasteiger partial charge in [0, 0.05) is 18.5 Å². The van der Waals surface area contributed by atoms with E-state index in [2.05, 4.69) is 19.8 Å². The number of carbonyl (C=O) groups is 2. The molecule has 12 heteroatoms. The van der Waals surface area contributed by atoms with Gasteiger partial charge in [-0.15, -0.1) is 26.3 Å². The van der Waals surface area contributed by atoms with Crippen molar-refractivity contribution in [2.24, 2.45) is 0 Å². The highest BCUT2D eigenvalue weighted by Crippen LogP contribution is 2.25. The number of allylic oxidation sites excluding steroid dienone is 2. The van der Waals surface area contributed by atoms with Gasteiger partial charge in [-0.05, 0) is 42.3 Å². The van der Waals surface area contributed by atoms with Gasteiger partial charge >= 0.3 is 12.7 Å². The van der Waals surface area contributed by atoms with E-state index in [1.165, 1.54) is 54.6 Å². The maximum atomic E-state index is 12.5. The summed E-state index contributed by atoms with van der Waals surface area (Å²) in [5.41, 5.74) is 0.421. The zero-order chi connectivity index (χ0) is 25.6. The van der Waals surface area contributed by atoms with E-state index in [4.69, 9.17) is 0 Å². The van der Waals surface area contributed by atoms with Gasteiger partial charge in [0.05, 0.1) is 6.10 Å². The molecule has 3 rings (SSSR count). The van der Waals surface area contributed by atoms with Gasteiger partial charge in [0.2, 0.25) is 0 Å². The number of benzene rings is 1. The van der Waals surface area contributed by atoms with Crippen LogP contribution in [0.1, 0.15) is 39.4 Å². The average Bonchev–Trinajstić information content (AvgIpc) is 2.76. The normalized spacial score (nSPS) is 15.9. The van der Waals surface area contributed by atoms with Crippen LogP contribution in [0.3, 0.4) is 0 Å². The molecule has 186 valence electrons. The van der Waals surface area contributed by atoms with Crippen molar-refractivity contribution in [1.82, 2.24) is 10.3 Å². The fraction of sp³-hybridized carbons (Fsp3) is 0.261. The molecular weight excluding hydrogens is 482 g/mol. The number of carbonyl (C=O) groups excluding carboxylic acids is 2. The van der Waals surface area contributed by atoms with Crippen molar-refractivity contribution in [3.8, 4) is 5.75 Å². The Morgan fingerprint density at radius 2 is 1.71 bits per heavy atom. The number of nitrogens with one attached hydrogen (secondary N) is 1. The smallest absolute Gasteiger partial charge is 0.406 e. The first-order valence-electron chi connectivity index (χ1n) is 10.2. The molecule has 1 amide bonds. The second-order valence-corrected chi connectivity index (χ2v) is 7.36. The zero-order valence-corrected chi connectivity index (χ0v) is 17.8. The van der Waals surface area contributed by atoms with Crippen molar-refractivity contribution in [2.75, 3.05) is 0 Å². The molecule has 0 aliphatic heterocycles. The summed E-state index contributed by atoms with van der Waals surface area (Å²) >= 11 is 0. The Bertz CT molecular complexity index is 1140. The Kier molecular flexibility index (Phi) is 7.95. The van der Waals surface area contributed by atoms with Crippen molar-refractivity contribution >= 4 is 11.7 Å². The quantitative estimate of drug-likeness (QED) is 0.395. The Morgan fingerprint density at radius 3 is 2.43 bits per heavy atom. The number of alkyl halides is 6. The first-order chi connectivity index (χ1) is 16.4. The predicted molar refractivity (Wildman–Crippen MR) is 110 cm³/mol. The maximum Gasteiger partial charge on any atom is 0.573 e. The van der Waals surface area contributed by atoms with Crippen LogP contribution in [0.2, 0.25) is 0 Å². The van der Waals surface area contributed by atoms with Crippen LogP contribution >= 0.6 is 0 Å². The zero-order valence-electron chi connectivity index (χ0n) is 17.8. The third kappa shape index (κ3) is 8.56. The fourth-order valence-electron chi connectivity index (χ4n) is 3.20. The van der Waals surface area contributed by atoms with Crippen LogP contribution in [-0.2, 0) is 11.2 Å². The minimum Gasteiger partial charge on any atom is -0.406 e. The SMILES string of the molecule is O=C(CCc1cccc(OC(F)(F)F)c1)c1cccc(C(=O)NC2=CC=C[C@@H](OC(F)(F)F)C2)n1. The van der Waals surface area contributed by atoms with Crippen LogP contribution in [0.15, 0.2) is 66.4 Å². The monoisotopic (exact) mass is 500 g/mol. The molecule has 1 aromatic heterocycles. The Labute approximate surface area is 195 Å². The van der Waals surface area contributed by atoms with E-state index in [1.54, 1.807) is 0 Å². The van der Waals surface area contributed by atoms with E-state index in [9.17, 15) is 35.9 Å². The molecule has 35 heavy (non-hydrogen) atoms. The number of pyridine rings is 1. The summed E-state index contributed by atoms with van der Waals surface area (Å²) < 4.78 is 82.1. The lowest BCUT2D eigenvalue weighted by molar-refractivity contribution is -0.336. The molecule has 0 bridgehead atoms. The number of nitrogens with zero attached hydrogens (tertiary/aromatic N) is 1. The lowest BCUT2D eigenvalue weighted by Gasteiger charge is -2.20. The third-order valence-electron chi connectivity index (χ3n) is 4.64. The molecule has 0 fully saturated rings. The highest BCUT2D eigenvalue weighted by atomic mass is 19.4. The van der Waals surface area contributed by atoms with E-state index >= 15 is 0 Å². The molecule has 0 spiro atoms. The van der Waals surface area contributed by atoms with Gasteiger partial charge in [0.15, 0.2) is 5.78 Å². The first kappa shape index (κ1) is 25.9. The topological polar surface area (TPSA) is 77.5 Å². The van der Waals surface area contributed by atoms with Gasteiger partial charge in [0.25, 0.3) is 5.91 Å². The molecule has 1 heterocycles. The lowest BCUT2D eigenvalue weighted by Crippen LogP contribution is -2.30. The number of ether oxygens (including phenoxy) is 2. The second-order valence-electron chi connectivity index (χ2n) is 7.36. The number of aromatic nitrogens is 1. The van der Waals surface area contributed by atoms with Crippen molar-refractivity contribution in [3.05, 3.63) is 83.3 Å². The van der Waals surface area contributed by atoms with Crippen LogP contribution in [0, 0.1) is 0 Å². The van der Waals surface area contributed by atoms with Gasteiger partial charge < -0.3 is 10.1 Å². The molecule has 1 N–H and O–H groups in total. The maximum absolute atomic E-state index is 12.5. The van der Waals surface area contributed by atoms with Gasteiger partial charge in [-0.3, -0.25) is 14.3 Å². The lowest BCUT2D eigenvalue weighted by atomic mass is 10.1. The Hall–Kier alpha value is -3.67. The molecule has 1 atom stereocenters. The van der Waals surface area contributed by atoms with Crippen molar-refractivity contribution < 1.29 is 45.4 Å². The number of Topliss-reactive ketones (excluding diaryl/α,β-unsaturated/α-hetero) is 1. The number of hydrogen-bond acceptors (Lipinski definition) is 5. The van der Waals surface area contributed by atoms with E-state index in [0.717, 1.165) is 6.07 Å². The minimum atomic E-state index is -4.84. The molecular formula is C23H18F6N2O4. The summed E-state index contributed by atoms with van der Waals surface area (Å²) in [6.45, 7) is 0. The number of hydrogen-bond donors (Lipinski definition) is 1. The van der Waals surface area contributed by atoms with Crippen LogP contribution in [0.5, 0.6) is 5.75 Å². The van der Waals surface area contributed by atoms with Crippen LogP contribution in [0.25, 0.3) is 0 Å². The molecule has 1 aromatic carbocycles. The molecule has 6 nitrogen and oxygen atoms in total. The molecule has 1 aliphatic carbocycles. The largest absolute Gasteiger partial charge is 0.573 e. The van der Waals surface area contributed by atoms with E-state index in [1.807, 2.05) is 0 Å². The van der Waals surface area contributed by atoms with Gasteiger partial charge in [-0.2, -0.15) is 0 Å². The van der Waals surface area contributed by atoms with Gasteiger partial charge in [0.1, 0.15) is 17.1 Å². The number of rotatable bonds is 8. The highest BCUT2D eigenvalue weighted by Gasteiger charge is 2.33. The van der Waals surface area contributed by atoms with Crippen LogP contribution < -0.4 is 10.1 Å². The number of aryl methyl sites for hydroxylation is 1. The van der Waals surface area contributed by atoms with E-state index in [0.29, 0.717) is 5.56 Å². The van der Waals surface area contributed by atoms with Gasteiger partial charge in [-0.1, -0.05) is 30.4 Å². The van der Waals surface area contributed by atoms with Crippen molar-refractivity contribution in [3.63, 3.8) is 0 Å². The summed E-state index contributed by atoms with van der Waals surface area (Å²) in [5, 5.41) is 2.44. The summed E-state index contributed by atoms with van der Waals surface area (Å²) in [7, 11) is 0. The van der Waals surface area contributed by atoms with Crippen LogP contribution in [0.4, 0.5) is 26.3 Å². The molecule has 0 saturated carbocycles. The molecule has 1 aliphatic rings. The first-order valence-corrected chi connectivity index (χ1v) is 10.2. The summed E-state index contributed by atoms with van der Waals surface area (Å²) in [6.07, 6.45) is -7.25. The molecule has 0 unspecified atom stereocenters. The number of ketones is 1. The minimum absolute atomic E-state index is 0.0452. The second kappa shape index (κ2) is 10.7. The predicted octanol–water partition coefficient (Wildman–Crippen LogP) is 5.27. The highest BCUT2D eigenvalue weighted by molar-refractivity contribution is 5.97. The average molecular weight is 500 g/mol. The molecule has 0 saturated heterocycles. The standard InChI is InChI=1S/C23H18F6N2O4/c24-22(25,26)34-16-6-1-4-14(12-16)10-11-20(32)18-8-3-9-19(31-18)21(33)30-15-5-2-7-17(13-15)35-23(27,28)29/h1-9,12,17H,10-11,13H2,(H,30,33)/t17-/m1/s1. The molecule has 0 radical (unpaired) electrons. The van der Waals surface area contributed by atoms with E-state index in [-0.39, 0.29) is 36.3 Å². The Balaban J connectivity index is 1.59. The van der Waals surface area contributed by atoms with Crippen molar-refractivity contribution in [1.29, 1.82) is 0 Å². The molecule has 2 aromatic rings. The number of amides is 1. The van der Waals surface area contributed by atoms with Gasteiger partial charge in [-0.25, -0.2) is 4.98 Å². The van der Waals surface area contributed by atoms with E-state index < -0.39 is 36.3 Å². The van der Waals surface area contributed by atoms with Crippen molar-refractivity contribution in [2.45, 2.75) is 38.1 Å². The third-order valence-corrected chi connectivity index (χ3v) is 4.64.